The van der Waals surface area contributed by atoms with Crippen LogP contribution in [-0.2, 0) is 65.4 Å². The van der Waals surface area contributed by atoms with E-state index < -0.39 is 97.5 Å². The van der Waals surface area contributed by atoms with Crippen LogP contribution < -0.4 is 0 Å². The molecule has 0 amide bonds. The molecule has 0 aromatic rings. The van der Waals surface area contributed by atoms with Crippen molar-refractivity contribution in [3.8, 4) is 0 Å². The van der Waals surface area contributed by atoms with E-state index in [-0.39, 0.29) is 25.7 Å². The fourth-order valence-corrected chi connectivity index (χ4v) is 10.6. The Morgan fingerprint density at radius 1 is 0.290 bits per heavy atom. The van der Waals surface area contributed by atoms with E-state index in [1.807, 2.05) is 30.4 Å². The van der Waals surface area contributed by atoms with Gasteiger partial charge in [-0.1, -0.05) is 256 Å². The molecule has 0 fully saturated rings. The summed E-state index contributed by atoms with van der Waals surface area (Å²) in [5, 5.41) is 10.6. The summed E-state index contributed by atoms with van der Waals surface area (Å²) in [6.07, 6.45) is 83.8. The van der Waals surface area contributed by atoms with E-state index in [2.05, 4.69) is 167 Å². The van der Waals surface area contributed by atoms with Gasteiger partial charge in [-0.05, 0) is 148 Å². The second-order valence-corrected chi connectivity index (χ2v) is 27.0. The Morgan fingerprint density at radius 3 is 0.940 bits per heavy atom. The fourth-order valence-electron chi connectivity index (χ4n) is 9.00. The number of phosphoric ester groups is 2. The second kappa shape index (κ2) is 71.8. The molecule has 0 aromatic carbocycles. The minimum absolute atomic E-state index is 0.0262. The van der Waals surface area contributed by atoms with Crippen LogP contribution in [0.4, 0.5) is 0 Å². The maximum absolute atomic E-state index is 13.1. The Labute approximate surface area is 603 Å². The summed E-state index contributed by atoms with van der Waals surface area (Å²) in [5.74, 6) is -2.39. The monoisotopic (exact) mass is 1440 g/mol. The maximum Gasteiger partial charge on any atom is 0.472 e. The van der Waals surface area contributed by atoms with E-state index in [4.69, 9.17) is 37.0 Å². The highest BCUT2D eigenvalue weighted by atomic mass is 31.2. The molecule has 0 aliphatic carbocycles. The number of aliphatic hydroxyl groups excluding tert-OH is 1. The van der Waals surface area contributed by atoms with Crippen LogP contribution in [0.1, 0.15) is 259 Å². The average molecular weight is 1440 g/mol. The number of rotatable bonds is 68. The van der Waals surface area contributed by atoms with Gasteiger partial charge in [0.1, 0.15) is 19.3 Å². The first-order valence-corrected chi connectivity index (χ1v) is 40.4. The molecule has 0 aliphatic rings. The molecule has 0 aromatic heterocycles. The van der Waals surface area contributed by atoms with Gasteiger partial charge in [-0.25, -0.2) is 9.13 Å². The molecule has 0 bridgehead atoms. The molecule has 0 spiro atoms. The van der Waals surface area contributed by atoms with Gasteiger partial charge in [0.2, 0.25) is 0 Å². The highest BCUT2D eigenvalue weighted by Gasteiger charge is 2.30. The smallest absolute Gasteiger partial charge is 0.462 e. The number of carbonyl (C=O) groups is 4. The van der Waals surface area contributed by atoms with E-state index in [9.17, 15) is 43.2 Å². The SMILES string of the molecule is CC/C=C\C/C=C\C/C=C\C/C=C\C/C=C\C/C=C\CCC(=O)OCC(COP(=O)(O)OCC(O)COP(=O)(O)OCC(COC(=O)CCC/C=C\C/C=C\C/C=C\C/C=C\C/C=C\CC)OC(=O)CCCCCCC/C=C\CCCC)OC(=O)CCCCCCC/C=C\C/C=C\CCC. The summed E-state index contributed by atoms with van der Waals surface area (Å²) in [7, 11) is -10.0. The van der Waals surface area contributed by atoms with Crippen LogP contribution in [0, 0.1) is 0 Å². The molecule has 566 valence electrons. The lowest BCUT2D eigenvalue weighted by Crippen LogP contribution is -2.30. The molecule has 5 atom stereocenters. The van der Waals surface area contributed by atoms with Gasteiger partial charge in [-0.2, -0.15) is 0 Å². The first kappa shape index (κ1) is 94.4. The van der Waals surface area contributed by atoms with Crippen molar-refractivity contribution >= 4 is 39.5 Å². The summed E-state index contributed by atoms with van der Waals surface area (Å²) in [6.45, 7) is 4.32. The maximum atomic E-state index is 13.1. The molecule has 3 N–H and O–H groups in total. The van der Waals surface area contributed by atoms with Crippen LogP contribution in [0.2, 0.25) is 0 Å². The number of esters is 4. The quantitative estimate of drug-likeness (QED) is 0.0169. The highest BCUT2D eigenvalue weighted by molar-refractivity contribution is 7.47. The Hall–Kier alpha value is -5.58. The Kier molecular flexibility index (Phi) is 67.8. The largest absolute Gasteiger partial charge is 0.472 e. The molecule has 0 saturated heterocycles. The number of phosphoric acid groups is 2. The molecule has 17 nitrogen and oxygen atoms in total. The predicted octanol–water partition coefficient (Wildman–Crippen LogP) is 21.4. The van der Waals surface area contributed by atoms with Crippen molar-refractivity contribution in [2.24, 2.45) is 0 Å². The number of unbranched alkanes of at least 4 members (excludes halogenated alkanes) is 14. The molecule has 0 rings (SSSR count). The molecule has 19 heteroatoms. The van der Waals surface area contributed by atoms with Gasteiger partial charge < -0.3 is 33.8 Å². The van der Waals surface area contributed by atoms with Crippen molar-refractivity contribution in [3.63, 3.8) is 0 Å². The van der Waals surface area contributed by atoms with E-state index in [0.29, 0.717) is 38.5 Å². The Morgan fingerprint density at radius 2 is 0.570 bits per heavy atom. The number of allylic oxidation sites excluding steroid dienone is 28. The van der Waals surface area contributed by atoms with Crippen molar-refractivity contribution < 1.29 is 80.2 Å². The summed E-state index contributed by atoms with van der Waals surface area (Å²) in [6, 6.07) is 0. The second-order valence-electron chi connectivity index (χ2n) is 24.1. The van der Waals surface area contributed by atoms with Crippen LogP contribution in [0.5, 0.6) is 0 Å². The number of hydrogen-bond acceptors (Lipinski definition) is 15. The van der Waals surface area contributed by atoms with Crippen LogP contribution in [0.25, 0.3) is 0 Å². The number of carbonyl (C=O) groups excluding carboxylic acids is 4. The molecule has 0 heterocycles. The highest BCUT2D eigenvalue weighted by Crippen LogP contribution is 2.45. The van der Waals surface area contributed by atoms with Crippen molar-refractivity contribution in [3.05, 3.63) is 170 Å². The molecule has 0 radical (unpaired) electrons. The van der Waals surface area contributed by atoms with Gasteiger partial charge in [0.05, 0.1) is 26.4 Å². The zero-order valence-corrected chi connectivity index (χ0v) is 63.3. The first-order valence-electron chi connectivity index (χ1n) is 37.4. The van der Waals surface area contributed by atoms with Crippen molar-refractivity contribution in [1.82, 2.24) is 0 Å². The third-order valence-electron chi connectivity index (χ3n) is 14.6. The minimum Gasteiger partial charge on any atom is -0.462 e. The van der Waals surface area contributed by atoms with Crippen LogP contribution in [0.3, 0.4) is 0 Å². The zero-order chi connectivity index (χ0) is 73.2. The van der Waals surface area contributed by atoms with Gasteiger partial charge in [0.15, 0.2) is 12.2 Å². The van der Waals surface area contributed by atoms with Gasteiger partial charge in [-0.15, -0.1) is 0 Å². The van der Waals surface area contributed by atoms with Gasteiger partial charge >= 0.3 is 39.5 Å². The van der Waals surface area contributed by atoms with Crippen LogP contribution >= 0.6 is 15.6 Å². The Bertz CT molecular complexity index is 2570. The Balaban J connectivity index is 5.45. The molecule has 5 unspecified atom stereocenters. The number of hydrogen-bond donors (Lipinski definition) is 3. The molecule has 100 heavy (non-hydrogen) atoms. The molecular weight excluding hydrogens is 1310 g/mol. The standard InChI is InChI=1S/C81H130O17P2/c1-5-9-13-17-21-25-29-32-34-36-37-39-41-44-47-50-54-58-62-66-79(84)92-72-77(98-81(86)68-64-60-56-52-48-42-31-27-23-19-15-11-7-3)74-96-100(89,90)94-70-75(82)69-93-99(87,88)95-73-76(97-80(85)67-63-59-55-51-45-28-24-20-16-12-8-4)71-91-78(83)65-61-57-53-49-46-43-40-38-35-33-30-26-22-18-14-10-6-2/h9-10,13-15,19-22,24-27,31-35,37,39-40,43-44,47,49,53-54,58,75-77,82H,5-8,11-12,16-18,23,28-30,36,38,41-42,45-46,48,50-52,55-57,59-74H2,1-4H3,(H,87,88)(H,89,90)/b13-9-,14-10-,19-15-,24-20-,25-21-,26-22-,31-27-,34-32-,35-33-,39-37-,43-40-,47-44-,53-49-,58-54-. The lowest BCUT2D eigenvalue weighted by Gasteiger charge is -2.21. The summed E-state index contributed by atoms with van der Waals surface area (Å²) >= 11 is 0. The number of ether oxygens (including phenoxy) is 4. The van der Waals surface area contributed by atoms with E-state index in [1.54, 1.807) is 0 Å². The third-order valence-corrected chi connectivity index (χ3v) is 16.5. The fraction of sp³-hybridized carbons (Fsp3) is 0.605. The van der Waals surface area contributed by atoms with Crippen molar-refractivity contribution in [2.75, 3.05) is 39.6 Å². The lowest BCUT2D eigenvalue weighted by atomic mass is 10.1. The summed E-state index contributed by atoms with van der Waals surface area (Å²) in [4.78, 5) is 72.7. The summed E-state index contributed by atoms with van der Waals surface area (Å²) in [5.41, 5.74) is 0. The van der Waals surface area contributed by atoms with E-state index >= 15 is 0 Å². The van der Waals surface area contributed by atoms with Crippen molar-refractivity contribution in [1.29, 1.82) is 0 Å². The van der Waals surface area contributed by atoms with Crippen molar-refractivity contribution in [2.45, 2.75) is 277 Å². The van der Waals surface area contributed by atoms with Gasteiger partial charge in [-0.3, -0.25) is 37.3 Å². The van der Waals surface area contributed by atoms with Crippen LogP contribution in [0.15, 0.2) is 170 Å². The van der Waals surface area contributed by atoms with Gasteiger partial charge in [0, 0.05) is 25.7 Å². The number of aliphatic hydroxyl groups is 1. The summed E-state index contributed by atoms with van der Waals surface area (Å²) < 4.78 is 68.2. The third kappa shape index (κ3) is 70.8. The first-order chi connectivity index (χ1) is 48.7. The molecule has 0 aliphatic heterocycles. The van der Waals surface area contributed by atoms with Gasteiger partial charge in [0.25, 0.3) is 0 Å². The topological polar surface area (TPSA) is 237 Å². The molecular formula is C81H130O17P2. The normalized spacial score (nSPS) is 14.9. The van der Waals surface area contributed by atoms with Crippen LogP contribution in [-0.4, -0.2) is 96.7 Å². The zero-order valence-electron chi connectivity index (χ0n) is 61.5. The lowest BCUT2D eigenvalue weighted by molar-refractivity contribution is -0.161. The van der Waals surface area contributed by atoms with E-state index in [0.717, 1.165) is 161 Å². The minimum atomic E-state index is -5.00. The average Bonchev–Trinajstić information content (AvgIpc) is 0.940. The predicted molar refractivity (Wildman–Crippen MR) is 408 cm³/mol. The van der Waals surface area contributed by atoms with E-state index in [1.165, 1.54) is 6.42 Å². The molecule has 0 saturated carbocycles.